The summed E-state index contributed by atoms with van der Waals surface area (Å²) in [7, 11) is 0. The number of rotatable bonds is 5. The number of fused-ring (bicyclic) bond motifs is 1. The van der Waals surface area contributed by atoms with Crippen LogP contribution in [0.4, 0.5) is 19.0 Å². The molecule has 6 nitrogen and oxygen atoms in total. The van der Waals surface area contributed by atoms with Crippen LogP contribution < -0.4 is 15.8 Å². The van der Waals surface area contributed by atoms with Crippen molar-refractivity contribution in [1.29, 1.82) is 0 Å². The molecule has 0 saturated heterocycles. The van der Waals surface area contributed by atoms with E-state index in [0.29, 0.717) is 12.3 Å². The Morgan fingerprint density at radius 3 is 2.56 bits per heavy atom. The molecule has 0 unspecified atom stereocenters. The number of anilines is 1. The zero-order valence-electron chi connectivity index (χ0n) is 17.1. The predicted octanol–water partition coefficient (Wildman–Crippen LogP) is 3.14. The van der Waals surface area contributed by atoms with Crippen molar-refractivity contribution < 1.29 is 18.0 Å². The number of nitrogens with one attached hydrogen (secondary N) is 1. The van der Waals surface area contributed by atoms with Crippen molar-refractivity contribution in [2.24, 2.45) is 0 Å². The molecule has 1 amide bonds. The smallest absolute Gasteiger partial charge is 0.352 e. The summed E-state index contributed by atoms with van der Waals surface area (Å²) in [4.78, 5) is 30.6. The van der Waals surface area contributed by atoms with Gasteiger partial charge in [-0.1, -0.05) is 30.3 Å². The maximum absolute atomic E-state index is 12.8. The van der Waals surface area contributed by atoms with Crippen LogP contribution in [0.25, 0.3) is 0 Å². The number of carbonyl (C=O) groups is 1. The highest BCUT2D eigenvalue weighted by Gasteiger charge is 2.31. The van der Waals surface area contributed by atoms with Gasteiger partial charge in [-0.2, -0.15) is 13.2 Å². The molecular weight excluding hydrogens is 421 g/mol. The van der Waals surface area contributed by atoms with E-state index in [4.69, 9.17) is 0 Å². The number of halogens is 3. The van der Waals surface area contributed by atoms with E-state index in [2.05, 4.69) is 27.3 Å². The first-order chi connectivity index (χ1) is 15.3. The molecule has 0 spiro atoms. The second-order valence-corrected chi connectivity index (χ2v) is 7.62. The lowest BCUT2D eigenvalue weighted by molar-refractivity contribution is -0.138. The Hall–Kier alpha value is -3.62. The lowest BCUT2D eigenvalue weighted by Gasteiger charge is -2.29. The minimum absolute atomic E-state index is 0.155. The van der Waals surface area contributed by atoms with Crippen LogP contribution in [0.2, 0.25) is 0 Å². The highest BCUT2D eigenvalue weighted by atomic mass is 19.4. The number of hydrogen-bond acceptors (Lipinski definition) is 4. The molecule has 0 bridgehead atoms. The average molecular weight is 442 g/mol. The van der Waals surface area contributed by atoms with Gasteiger partial charge in [-0.25, -0.2) is 4.98 Å². The maximum Gasteiger partial charge on any atom is 0.417 e. The third kappa shape index (κ3) is 4.99. The van der Waals surface area contributed by atoms with Crippen molar-refractivity contribution >= 4 is 11.7 Å². The monoisotopic (exact) mass is 442 g/mol. The molecule has 0 saturated carbocycles. The van der Waals surface area contributed by atoms with Crippen LogP contribution in [-0.4, -0.2) is 22.0 Å². The van der Waals surface area contributed by atoms with Gasteiger partial charge in [-0.3, -0.25) is 9.59 Å². The summed E-state index contributed by atoms with van der Waals surface area (Å²) in [6.07, 6.45) is -1.33. The fourth-order valence-electron chi connectivity index (χ4n) is 3.63. The molecule has 0 atom stereocenters. The number of carbonyl (C=O) groups excluding carboxylic acids is 1. The second-order valence-electron chi connectivity index (χ2n) is 7.62. The number of aromatic nitrogens is 2. The molecule has 166 valence electrons. The van der Waals surface area contributed by atoms with E-state index >= 15 is 0 Å². The van der Waals surface area contributed by atoms with Gasteiger partial charge in [0.25, 0.3) is 5.56 Å². The van der Waals surface area contributed by atoms with Crippen molar-refractivity contribution in [2.45, 2.75) is 32.2 Å². The molecular formula is C23H21F3N4O2. The topological polar surface area (TPSA) is 67.2 Å². The van der Waals surface area contributed by atoms with Crippen LogP contribution in [0, 0.1) is 0 Å². The van der Waals surface area contributed by atoms with E-state index in [1.807, 2.05) is 24.3 Å². The lowest BCUT2D eigenvalue weighted by atomic mass is 10.00. The summed E-state index contributed by atoms with van der Waals surface area (Å²) in [5.41, 5.74) is 1.72. The van der Waals surface area contributed by atoms with Crippen molar-refractivity contribution in [3.05, 3.63) is 93.5 Å². The molecule has 1 N–H and O–H groups in total. The van der Waals surface area contributed by atoms with Gasteiger partial charge in [0.15, 0.2) is 0 Å². The fraction of sp³-hybridized carbons (Fsp3) is 0.261. The number of amides is 1. The first-order valence-electron chi connectivity index (χ1n) is 10.1. The fourth-order valence-corrected chi connectivity index (χ4v) is 3.63. The summed E-state index contributed by atoms with van der Waals surface area (Å²) < 4.78 is 39.2. The number of pyridine rings is 2. The highest BCUT2D eigenvalue weighted by molar-refractivity contribution is 5.75. The van der Waals surface area contributed by atoms with Gasteiger partial charge < -0.3 is 14.8 Å². The molecule has 32 heavy (non-hydrogen) atoms. The van der Waals surface area contributed by atoms with Gasteiger partial charge in [-0.05, 0) is 35.2 Å². The van der Waals surface area contributed by atoms with Crippen molar-refractivity contribution in [2.75, 3.05) is 11.4 Å². The highest BCUT2D eigenvalue weighted by Crippen LogP contribution is 2.28. The maximum atomic E-state index is 12.8. The summed E-state index contributed by atoms with van der Waals surface area (Å²) in [6.45, 7) is 1.31. The molecule has 0 radical (unpaired) electrons. The number of nitrogens with zero attached hydrogens (tertiary/aromatic N) is 3. The minimum atomic E-state index is -4.59. The molecule has 0 aliphatic carbocycles. The Morgan fingerprint density at radius 1 is 1.06 bits per heavy atom. The van der Waals surface area contributed by atoms with Crippen molar-refractivity contribution in [3.63, 3.8) is 0 Å². The van der Waals surface area contributed by atoms with Crippen molar-refractivity contribution in [3.8, 4) is 0 Å². The molecule has 3 aromatic rings. The van der Waals surface area contributed by atoms with E-state index in [1.54, 1.807) is 6.20 Å². The number of alkyl halides is 3. The molecule has 1 aliphatic rings. The lowest BCUT2D eigenvalue weighted by Crippen LogP contribution is -2.32. The van der Waals surface area contributed by atoms with Gasteiger partial charge in [0, 0.05) is 38.1 Å². The first kappa shape index (κ1) is 21.6. The molecule has 1 aromatic carbocycles. The van der Waals surface area contributed by atoms with Crippen LogP contribution in [0.15, 0.2) is 65.7 Å². The quantitative estimate of drug-likeness (QED) is 0.659. The van der Waals surface area contributed by atoms with E-state index < -0.39 is 29.8 Å². The third-order valence-electron chi connectivity index (χ3n) is 5.38. The largest absolute Gasteiger partial charge is 0.417 e. The van der Waals surface area contributed by atoms with Gasteiger partial charge >= 0.3 is 6.18 Å². The summed E-state index contributed by atoms with van der Waals surface area (Å²) in [5.74, 6) is 0.272. The molecule has 4 rings (SSSR count). The van der Waals surface area contributed by atoms with E-state index in [0.717, 1.165) is 41.5 Å². The average Bonchev–Trinajstić information content (AvgIpc) is 2.78. The Bertz CT molecular complexity index is 1170. The van der Waals surface area contributed by atoms with Crippen molar-refractivity contribution in [1.82, 2.24) is 14.9 Å². The Kier molecular flexibility index (Phi) is 5.98. The van der Waals surface area contributed by atoms with Gasteiger partial charge in [0.05, 0.1) is 5.56 Å². The Balaban J connectivity index is 1.34. The van der Waals surface area contributed by atoms with Crippen LogP contribution in [0.1, 0.15) is 22.3 Å². The summed E-state index contributed by atoms with van der Waals surface area (Å²) >= 11 is 0. The SMILES string of the molecule is O=C(Cn1cc(C(F)(F)F)ccc1=O)NCc1ccc(N2CCc3ccccc3C2)nc1. The normalized spacial score (nSPS) is 13.5. The zero-order valence-corrected chi connectivity index (χ0v) is 17.1. The van der Waals surface area contributed by atoms with Gasteiger partial charge in [0.1, 0.15) is 12.4 Å². The van der Waals surface area contributed by atoms with E-state index in [1.165, 1.54) is 11.1 Å². The van der Waals surface area contributed by atoms with Gasteiger partial charge in [0.2, 0.25) is 5.91 Å². The van der Waals surface area contributed by atoms with E-state index in [-0.39, 0.29) is 6.54 Å². The third-order valence-corrected chi connectivity index (χ3v) is 5.38. The molecule has 0 fully saturated rings. The Morgan fingerprint density at radius 2 is 1.84 bits per heavy atom. The van der Waals surface area contributed by atoms with Crippen LogP contribution in [-0.2, 0) is 37.0 Å². The van der Waals surface area contributed by atoms with E-state index in [9.17, 15) is 22.8 Å². The molecule has 2 aromatic heterocycles. The standard InChI is InChI=1S/C23H21F3N4O2/c24-23(25,26)19-6-8-22(32)30(14-19)15-21(31)28-12-16-5-7-20(27-11-16)29-10-9-17-3-1-2-4-18(17)13-29/h1-8,11,14H,9-10,12-13,15H2,(H,28,31). The van der Waals surface area contributed by atoms with Gasteiger partial charge in [-0.15, -0.1) is 0 Å². The number of hydrogen-bond donors (Lipinski definition) is 1. The Labute approximate surface area is 182 Å². The number of benzene rings is 1. The summed E-state index contributed by atoms with van der Waals surface area (Å²) in [5, 5.41) is 2.61. The molecule has 9 heteroatoms. The van der Waals surface area contributed by atoms with Crippen LogP contribution in [0.5, 0.6) is 0 Å². The van der Waals surface area contributed by atoms with Crippen LogP contribution in [0.3, 0.4) is 0 Å². The zero-order chi connectivity index (χ0) is 22.7. The second kappa shape index (κ2) is 8.86. The molecule has 3 heterocycles. The first-order valence-corrected chi connectivity index (χ1v) is 10.1. The summed E-state index contributed by atoms with van der Waals surface area (Å²) in [6, 6.07) is 13.5. The van der Waals surface area contributed by atoms with Crippen LogP contribution >= 0.6 is 0 Å². The predicted molar refractivity (Wildman–Crippen MR) is 113 cm³/mol. The molecule has 1 aliphatic heterocycles. The minimum Gasteiger partial charge on any atom is -0.352 e.